The molecule has 0 fully saturated rings. The Morgan fingerprint density at radius 3 is 2.47 bits per heavy atom. The van der Waals surface area contributed by atoms with E-state index >= 15 is 0 Å². The lowest BCUT2D eigenvalue weighted by atomic mass is 10.2. The van der Waals surface area contributed by atoms with Gasteiger partial charge in [0.1, 0.15) is 23.3 Å². The van der Waals surface area contributed by atoms with Crippen molar-refractivity contribution in [2.24, 2.45) is 0 Å². The molecule has 7 nitrogen and oxygen atoms in total. The molecule has 0 bridgehead atoms. The first-order valence-corrected chi connectivity index (χ1v) is 10.5. The number of hydrogen-bond donors (Lipinski definition) is 0. The topological polar surface area (TPSA) is 84.2 Å². The minimum atomic E-state index is -0.602. The summed E-state index contributed by atoms with van der Waals surface area (Å²) in [4.78, 5) is 25.0. The van der Waals surface area contributed by atoms with Crippen LogP contribution in [0.25, 0.3) is 17.0 Å². The van der Waals surface area contributed by atoms with Crippen LogP contribution in [0, 0.1) is 0 Å². The first-order chi connectivity index (χ1) is 16.5. The number of ether oxygens (including phenoxy) is 4. The summed E-state index contributed by atoms with van der Waals surface area (Å²) in [5, 5.41) is 0.635. The van der Waals surface area contributed by atoms with Gasteiger partial charge in [-0.1, -0.05) is 29.8 Å². The summed E-state index contributed by atoms with van der Waals surface area (Å²) < 4.78 is 26.9. The van der Waals surface area contributed by atoms with Gasteiger partial charge in [-0.05, 0) is 48.0 Å². The molecular formula is C26H19ClO7. The molecule has 4 rings (SSSR count). The molecule has 172 valence electrons. The Labute approximate surface area is 199 Å². The van der Waals surface area contributed by atoms with Gasteiger partial charge in [-0.2, -0.15) is 0 Å². The molecule has 8 heteroatoms. The quantitative estimate of drug-likeness (QED) is 0.186. The zero-order valence-electron chi connectivity index (χ0n) is 18.2. The third-order valence-corrected chi connectivity index (χ3v) is 5.12. The van der Waals surface area contributed by atoms with Crippen LogP contribution in [-0.4, -0.2) is 20.2 Å². The maximum atomic E-state index is 12.8. The van der Waals surface area contributed by atoms with Gasteiger partial charge in [0.05, 0.1) is 24.6 Å². The molecule has 1 aromatic heterocycles. The second-order valence-corrected chi connectivity index (χ2v) is 7.40. The van der Waals surface area contributed by atoms with Gasteiger partial charge in [0.15, 0.2) is 11.5 Å². The average molecular weight is 479 g/mol. The third kappa shape index (κ3) is 5.05. The molecule has 0 aliphatic rings. The van der Waals surface area contributed by atoms with Crippen LogP contribution in [-0.2, 0) is 4.79 Å². The van der Waals surface area contributed by atoms with Crippen LogP contribution in [0.4, 0.5) is 0 Å². The lowest BCUT2D eigenvalue weighted by Crippen LogP contribution is -2.06. The summed E-state index contributed by atoms with van der Waals surface area (Å²) in [6, 6.07) is 16.5. The Kier molecular flexibility index (Phi) is 6.85. The van der Waals surface area contributed by atoms with E-state index in [1.807, 2.05) is 0 Å². The van der Waals surface area contributed by atoms with Crippen molar-refractivity contribution >= 4 is 34.6 Å². The normalized spacial score (nSPS) is 10.9. The highest BCUT2D eigenvalue weighted by atomic mass is 35.5. The molecule has 0 radical (unpaired) electrons. The lowest BCUT2D eigenvalue weighted by molar-refractivity contribution is -0.128. The Morgan fingerprint density at radius 2 is 1.71 bits per heavy atom. The van der Waals surface area contributed by atoms with Crippen LogP contribution < -0.4 is 24.4 Å². The Balaban J connectivity index is 1.49. The Hall–Kier alpha value is -4.23. The van der Waals surface area contributed by atoms with E-state index in [-0.39, 0.29) is 27.9 Å². The van der Waals surface area contributed by atoms with Crippen LogP contribution in [0.1, 0.15) is 5.56 Å². The highest BCUT2D eigenvalue weighted by Gasteiger charge is 2.12. The predicted molar refractivity (Wildman–Crippen MR) is 128 cm³/mol. The number of carbonyl (C=O) groups excluding carboxylic acids is 1. The SMILES string of the molecule is COc1ccc(C=CC(=O)Oc2ccc3c(=O)c(Oc4ccccc4Cl)coc3c2)cc1OC. The summed E-state index contributed by atoms with van der Waals surface area (Å²) >= 11 is 6.08. The molecule has 0 aliphatic carbocycles. The zero-order chi connectivity index (χ0) is 24.1. The summed E-state index contributed by atoms with van der Waals surface area (Å²) in [6.07, 6.45) is 4.06. The number of halogens is 1. The van der Waals surface area contributed by atoms with Crippen LogP contribution >= 0.6 is 11.6 Å². The Morgan fingerprint density at radius 1 is 0.912 bits per heavy atom. The number of benzene rings is 3. The van der Waals surface area contributed by atoms with E-state index in [0.29, 0.717) is 22.3 Å². The number of hydrogen-bond acceptors (Lipinski definition) is 7. The van der Waals surface area contributed by atoms with Gasteiger partial charge in [-0.25, -0.2) is 4.79 Å². The van der Waals surface area contributed by atoms with Crippen LogP contribution in [0.2, 0.25) is 5.02 Å². The molecule has 0 saturated heterocycles. The summed E-state index contributed by atoms with van der Waals surface area (Å²) in [7, 11) is 3.08. The van der Waals surface area contributed by atoms with Crippen molar-refractivity contribution in [2.45, 2.75) is 0 Å². The summed E-state index contributed by atoms with van der Waals surface area (Å²) in [6.45, 7) is 0. The maximum absolute atomic E-state index is 12.8. The molecule has 0 unspecified atom stereocenters. The number of esters is 1. The van der Waals surface area contributed by atoms with Crippen molar-refractivity contribution in [1.29, 1.82) is 0 Å². The van der Waals surface area contributed by atoms with Gasteiger partial charge in [0.2, 0.25) is 11.2 Å². The average Bonchev–Trinajstić information content (AvgIpc) is 2.85. The van der Waals surface area contributed by atoms with E-state index in [1.54, 1.807) is 55.7 Å². The van der Waals surface area contributed by atoms with E-state index in [9.17, 15) is 9.59 Å². The van der Waals surface area contributed by atoms with Crippen molar-refractivity contribution in [1.82, 2.24) is 0 Å². The first-order valence-electron chi connectivity index (χ1n) is 10.1. The van der Waals surface area contributed by atoms with Crippen LogP contribution in [0.5, 0.6) is 28.7 Å². The van der Waals surface area contributed by atoms with Gasteiger partial charge in [-0.3, -0.25) is 4.79 Å². The van der Waals surface area contributed by atoms with E-state index in [1.165, 1.54) is 37.6 Å². The third-order valence-electron chi connectivity index (χ3n) is 4.81. The minimum absolute atomic E-state index is 0.0109. The second kappa shape index (κ2) is 10.1. The fraction of sp³-hybridized carbons (Fsp3) is 0.0769. The van der Waals surface area contributed by atoms with Crippen LogP contribution in [0.3, 0.4) is 0 Å². The molecule has 4 aromatic rings. The number of para-hydroxylation sites is 1. The van der Waals surface area contributed by atoms with E-state index < -0.39 is 5.97 Å². The molecule has 0 amide bonds. The number of methoxy groups -OCH3 is 2. The molecule has 1 heterocycles. The van der Waals surface area contributed by atoms with E-state index in [2.05, 4.69) is 0 Å². The largest absolute Gasteiger partial charge is 0.493 e. The highest BCUT2D eigenvalue weighted by Crippen LogP contribution is 2.30. The predicted octanol–water partition coefficient (Wildman–Crippen LogP) is 5.87. The monoisotopic (exact) mass is 478 g/mol. The molecule has 0 atom stereocenters. The fourth-order valence-corrected chi connectivity index (χ4v) is 3.32. The minimum Gasteiger partial charge on any atom is -0.493 e. The lowest BCUT2D eigenvalue weighted by Gasteiger charge is -2.08. The zero-order valence-corrected chi connectivity index (χ0v) is 19.0. The number of carbonyl (C=O) groups is 1. The molecular weight excluding hydrogens is 460 g/mol. The van der Waals surface area contributed by atoms with Crippen molar-refractivity contribution in [3.63, 3.8) is 0 Å². The molecule has 3 aromatic carbocycles. The van der Waals surface area contributed by atoms with Crippen molar-refractivity contribution < 1.29 is 28.2 Å². The molecule has 0 spiro atoms. The maximum Gasteiger partial charge on any atom is 0.336 e. The molecule has 34 heavy (non-hydrogen) atoms. The van der Waals surface area contributed by atoms with Crippen molar-refractivity contribution in [3.05, 3.63) is 93.8 Å². The summed E-state index contributed by atoms with van der Waals surface area (Å²) in [5.41, 5.74) is 0.586. The fourth-order valence-electron chi connectivity index (χ4n) is 3.14. The van der Waals surface area contributed by atoms with E-state index in [0.717, 1.165) is 5.56 Å². The smallest absolute Gasteiger partial charge is 0.336 e. The molecule has 0 aliphatic heterocycles. The standard InChI is InChI=1S/C26H19ClO7/c1-30-21-11-7-16(13-23(21)31-2)8-12-25(28)33-17-9-10-18-22(14-17)32-15-24(26(18)29)34-20-6-4-3-5-19(20)27/h3-15H,1-2H3. The number of fused-ring (bicyclic) bond motifs is 1. The number of rotatable bonds is 7. The van der Waals surface area contributed by atoms with Crippen molar-refractivity contribution in [3.8, 4) is 28.7 Å². The van der Waals surface area contributed by atoms with E-state index in [4.69, 9.17) is 35.0 Å². The summed E-state index contributed by atoms with van der Waals surface area (Å²) in [5.74, 6) is 1.07. The van der Waals surface area contributed by atoms with Gasteiger partial charge < -0.3 is 23.4 Å². The van der Waals surface area contributed by atoms with Crippen molar-refractivity contribution in [2.75, 3.05) is 14.2 Å². The first kappa shape index (κ1) is 22.9. The highest BCUT2D eigenvalue weighted by molar-refractivity contribution is 6.32. The second-order valence-electron chi connectivity index (χ2n) is 6.99. The molecule has 0 saturated carbocycles. The van der Waals surface area contributed by atoms with Gasteiger partial charge in [0.25, 0.3) is 0 Å². The Bertz CT molecular complexity index is 1440. The molecule has 0 N–H and O–H groups in total. The van der Waals surface area contributed by atoms with Gasteiger partial charge in [0, 0.05) is 12.1 Å². The van der Waals surface area contributed by atoms with Crippen LogP contribution in [0.15, 0.2) is 82.2 Å². The van der Waals surface area contributed by atoms with Gasteiger partial charge in [-0.15, -0.1) is 0 Å². The van der Waals surface area contributed by atoms with Gasteiger partial charge >= 0.3 is 5.97 Å².